The van der Waals surface area contributed by atoms with Crippen molar-refractivity contribution in [1.82, 2.24) is 15.3 Å². The van der Waals surface area contributed by atoms with Gasteiger partial charge < -0.3 is 15.4 Å². The highest BCUT2D eigenvalue weighted by molar-refractivity contribution is 5.92. The van der Waals surface area contributed by atoms with Gasteiger partial charge in [-0.1, -0.05) is 6.92 Å². The van der Waals surface area contributed by atoms with Crippen LogP contribution in [0.15, 0.2) is 36.7 Å². The molecule has 22 heavy (non-hydrogen) atoms. The molecule has 2 N–H and O–H groups in total. The number of amides is 1. The first-order valence-corrected chi connectivity index (χ1v) is 7.16. The second kappa shape index (κ2) is 7.40. The van der Waals surface area contributed by atoms with Crippen LogP contribution in [0.2, 0.25) is 0 Å². The number of methoxy groups -OCH3 is 1. The van der Waals surface area contributed by atoms with E-state index in [0.29, 0.717) is 11.5 Å². The minimum Gasteiger partial charge on any atom is -0.497 e. The molecule has 0 spiro atoms. The van der Waals surface area contributed by atoms with E-state index < -0.39 is 0 Å². The Hall–Kier alpha value is -2.63. The van der Waals surface area contributed by atoms with Gasteiger partial charge in [-0.3, -0.25) is 4.79 Å². The maximum atomic E-state index is 11.9. The number of carbonyl (C=O) groups excluding carboxylic acids is 1. The zero-order chi connectivity index (χ0) is 15.9. The summed E-state index contributed by atoms with van der Waals surface area (Å²) < 4.78 is 5.10. The number of rotatable bonds is 6. The van der Waals surface area contributed by atoms with E-state index >= 15 is 0 Å². The summed E-state index contributed by atoms with van der Waals surface area (Å²) >= 11 is 0. The first-order chi connectivity index (χ1) is 10.6. The van der Waals surface area contributed by atoms with Gasteiger partial charge in [-0.15, -0.1) is 0 Å². The molecule has 6 heteroatoms. The number of hydrogen-bond acceptors (Lipinski definition) is 5. The van der Waals surface area contributed by atoms with Crippen LogP contribution in [0.4, 0.5) is 11.5 Å². The van der Waals surface area contributed by atoms with Crippen molar-refractivity contribution < 1.29 is 9.53 Å². The molecule has 1 aromatic heterocycles. The Balaban J connectivity index is 2.00. The first-order valence-electron chi connectivity index (χ1n) is 7.16. The van der Waals surface area contributed by atoms with Crippen molar-refractivity contribution in [3.8, 4) is 5.75 Å². The third kappa shape index (κ3) is 4.18. The molecule has 2 aromatic rings. The van der Waals surface area contributed by atoms with Gasteiger partial charge >= 0.3 is 0 Å². The molecule has 0 saturated heterocycles. The lowest BCUT2D eigenvalue weighted by molar-refractivity contribution is 0.0934. The molecule has 0 aliphatic rings. The van der Waals surface area contributed by atoms with Crippen LogP contribution in [0.3, 0.4) is 0 Å². The second-order valence-electron chi connectivity index (χ2n) is 4.92. The van der Waals surface area contributed by atoms with Gasteiger partial charge in [0.05, 0.1) is 19.5 Å². The van der Waals surface area contributed by atoms with E-state index in [1.54, 1.807) is 7.11 Å². The molecule has 1 aromatic carbocycles. The Bertz CT molecular complexity index is 611. The molecule has 6 nitrogen and oxygen atoms in total. The Morgan fingerprint density at radius 2 is 1.95 bits per heavy atom. The minimum absolute atomic E-state index is 0.117. The van der Waals surface area contributed by atoms with Crippen molar-refractivity contribution >= 4 is 17.4 Å². The van der Waals surface area contributed by atoms with Crippen molar-refractivity contribution in [2.75, 3.05) is 12.4 Å². The Labute approximate surface area is 129 Å². The lowest BCUT2D eigenvalue weighted by Gasteiger charge is -2.11. The smallest absolute Gasteiger partial charge is 0.271 e. The van der Waals surface area contributed by atoms with E-state index in [0.717, 1.165) is 17.9 Å². The summed E-state index contributed by atoms with van der Waals surface area (Å²) in [6.07, 6.45) is 3.87. The summed E-state index contributed by atoms with van der Waals surface area (Å²) in [6.45, 7) is 3.96. The van der Waals surface area contributed by atoms with E-state index in [9.17, 15) is 4.79 Å². The maximum absolute atomic E-state index is 11.9. The van der Waals surface area contributed by atoms with Crippen LogP contribution in [-0.2, 0) is 0 Å². The Morgan fingerprint density at radius 3 is 2.50 bits per heavy atom. The lowest BCUT2D eigenvalue weighted by Crippen LogP contribution is -2.32. The van der Waals surface area contributed by atoms with Crippen LogP contribution >= 0.6 is 0 Å². The summed E-state index contributed by atoms with van der Waals surface area (Å²) in [4.78, 5) is 20.2. The average Bonchev–Trinajstić information content (AvgIpc) is 2.56. The summed E-state index contributed by atoms with van der Waals surface area (Å²) in [7, 11) is 1.62. The van der Waals surface area contributed by atoms with Gasteiger partial charge in [0.1, 0.15) is 17.3 Å². The molecule has 0 radical (unpaired) electrons. The molecule has 1 unspecified atom stereocenters. The fourth-order valence-electron chi connectivity index (χ4n) is 1.73. The molecule has 1 atom stereocenters. The van der Waals surface area contributed by atoms with Crippen molar-refractivity contribution in [2.24, 2.45) is 0 Å². The fourth-order valence-corrected chi connectivity index (χ4v) is 1.73. The van der Waals surface area contributed by atoms with Crippen molar-refractivity contribution in [3.63, 3.8) is 0 Å². The monoisotopic (exact) mass is 300 g/mol. The Morgan fingerprint density at radius 1 is 1.23 bits per heavy atom. The average molecular weight is 300 g/mol. The van der Waals surface area contributed by atoms with Crippen molar-refractivity contribution in [3.05, 3.63) is 42.4 Å². The molecule has 0 saturated carbocycles. The van der Waals surface area contributed by atoms with Crippen LogP contribution in [0.25, 0.3) is 0 Å². The number of carbonyl (C=O) groups is 1. The van der Waals surface area contributed by atoms with Gasteiger partial charge in [0.15, 0.2) is 0 Å². The molecule has 116 valence electrons. The number of benzene rings is 1. The molecule has 0 aliphatic carbocycles. The predicted octanol–water partition coefficient (Wildman–Crippen LogP) is 2.76. The van der Waals surface area contributed by atoms with E-state index in [1.807, 2.05) is 38.1 Å². The van der Waals surface area contributed by atoms with Crippen molar-refractivity contribution in [1.29, 1.82) is 0 Å². The first kappa shape index (κ1) is 15.8. The fraction of sp³-hybridized carbons (Fsp3) is 0.312. The molecule has 0 aliphatic heterocycles. The predicted molar refractivity (Wildman–Crippen MR) is 85.5 cm³/mol. The normalized spacial score (nSPS) is 11.6. The van der Waals surface area contributed by atoms with E-state index in [1.165, 1.54) is 12.4 Å². The lowest BCUT2D eigenvalue weighted by atomic mass is 10.2. The van der Waals surface area contributed by atoms with Crippen LogP contribution in [-0.4, -0.2) is 29.0 Å². The second-order valence-corrected chi connectivity index (χ2v) is 4.92. The number of nitrogens with one attached hydrogen (secondary N) is 2. The summed E-state index contributed by atoms with van der Waals surface area (Å²) in [5.74, 6) is 1.15. The van der Waals surface area contributed by atoms with E-state index in [-0.39, 0.29) is 11.9 Å². The third-order valence-electron chi connectivity index (χ3n) is 3.24. The molecule has 2 rings (SSSR count). The van der Waals surface area contributed by atoms with Crippen LogP contribution in [0.1, 0.15) is 30.8 Å². The highest BCUT2D eigenvalue weighted by Crippen LogP contribution is 2.18. The molecule has 0 bridgehead atoms. The highest BCUT2D eigenvalue weighted by Gasteiger charge is 2.10. The SMILES string of the molecule is CCC(C)NC(=O)c1cnc(Nc2ccc(OC)cc2)cn1. The number of nitrogens with zero attached hydrogens (tertiary/aromatic N) is 2. The highest BCUT2D eigenvalue weighted by atomic mass is 16.5. The van der Waals surface area contributed by atoms with Gasteiger partial charge in [0, 0.05) is 11.7 Å². The molecule has 0 fully saturated rings. The minimum atomic E-state index is -0.210. The largest absolute Gasteiger partial charge is 0.497 e. The topological polar surface area (TPSA) is 76.1 Å². The molecule has 1 amide bonds. The van der Waals surface area contributed by atoms with Crippen LogP contribution in [0.5, 0.6) is 5.75 Å². The maximum Gasteiger partial charge on any atom is 0.271 e. The number of anilines is 2. The standard InChI is InChI=1S/C16H20N4O2/c1-4-11(2)19-16(21)14-9-18-15(10-17-14)20-12-5-7-13(22-3)8-6-12/h5-11H,4H2,1-3H3,(H,18,20)(H,19,21). The number of hydrogen-bond donors (Lipinski definition) is 2. The molecule has 1 heterocycles. The van der Waals surface area contributed by atoms with Crippen LogP contribution in [0, 0.1) is 0 Å². The third-order valence-corrected chi connectivity index (χ3v) is 3.24. The van der Waals surface area contributed by atoms with Gasteiger partial charge in [0.2, 0.25) is 0 Å². The van der Waals surface area contributed by atoms with E-state index in [4.69, 9.17) is 4.74 Å². The zero-order valence-electron chi connectivity index (χ0n) is 13.0. The molecular weight excluding hydrogens is 280 g/mol. The Kier molecular flexibility index (Phi) is 5.30. The zero-order valence-corrected chi connectivity index (χ0v) is 13.0. The molecular formula is C16H20N4O2. The van der Waals surface area contributed by atoms with Crippen molar-refractivity contribution in [2.45, 2.75) is 26.3 Å². The number of aromatic nitrogens is 2. The number of ether oxygens (including phenoxy) is 1. The van der Waals surface area contributed by atoms with Gasteiger partial charge in [-0.2, -0.15) is 0 Å². The summed E-state index contributed by atoms with van der Waals surface area (Å²) in [5.41, 5.74) is 1.17. The van der Waals surface area contributed by atoms with E-state index in [2.05, 4.69) is 20.6 Å². The van der Waals surface area contributed by atoms with Gasteiger partial charge in [0.25, 0.3) is 5.91 Å². The quantitative estimate of drug-likeness (QED) is 0.858. The summed E-state index contributed by atoms with van der Waals surface area (Å²) in [6, 6.07) is 7.58. The van der Waals surface area contributed by atoms with Gasteiger partial charge in [-0.25, -0.2) is 9.97 Å². The van der Waals surface area contributed by atoms with Crippen LogP contribution < -0.4 is 15.4 Å². The summed E-state index contributed by atoms with van der Waals surface area (Å²) in [5, 5.41) is 5.96. The van der Waals surface area contributed by atoms with Gasteiger partial charge in [-0.05, 0) is 37.6 Å².